The third-order valence-corrected chi connectivity index (χ3v) is 3.26. The highest BCUT2D eigenvalue weighted by Crippen LogP contribution is 2.26. The van der Waals surface area contributed by atoms with Crippen LogP contribution in [0.25, 0.3) is 0 Å². The number of aromatic nitrogens is 1. The van der Waals surface area contributed by atoms with Gasteiger partial charge in [-0.1, -0.05) is 6.92 Å². The Balaban J connectivity index is 2.44. The van der Waals surface area contributed by atoms with Gasteiger partial charge in [-0.05, 0) is 6.42 Å². The lowest BCUT2D eigenvalue weighted by atomic mass is 10.1. The summed E-state index contributed by atoms with van der Waals surface area (Å²) < 4.78 is 5.36. The predicted molar refractivity (Wildman–Crippen MR) is 70.1 cm³/mol. The molecule has 8 heteroatoms. The molecule has 1 aromatic heterocycles. The number of rotatable bonds is 4. The summed E-state index contributed by atoms with van der Waals surface area (Å²) in [7, 11) is 0. The lowest BCUT2D eigenvalue weighted by Crippen LogP contribution is -2.46. The molecule has 1 fully saturated rings. The number of carboxylic acids is 1. The molecule has 1 N–H and O–H groups in total. The minimum absolute atomic E-state index is 0.0239. The number of carbonyl (C=O) groups is 1. The molecule has 2 rings (SSSR count). The fourth-order valence-corrected chi connectivity index (χ4v) is 2.20. The van der Waals surface area contributed by atoms with Crippen molar-refractivity contribution in [3.63, 3.8) is 0 Å². The maximum absolute atomic E-state index is 11.3. The van der Waals surface area contributed by atoms with Crippen molar-refractivity contribution < 1.29 is 19.6 Å². The smallest absolute Gasteiger partial charge is 0.339 e. The number of carboxylic acid groups (broad SMARTS) is 1. The van der Waals surface area contributed by atoms with Crippen molar-refractivity contribution in [2.24, 2.45) is 0 Å². The molecular weight excluding hydrogens is 266 g/mol. The molecular formula is C12H15N3O5. The molecule has 8 nitrogen and oxygen atoms in total. The Morgan fingerprint density at radius 2 is 2.45 bits per heavy atom. The van der Waals surface area contributed by atoms with Crippen LogP contribution in [0.5, 0.6) is 0 Å². The van der Waals surface area contributed by atoms with E-state index in [1.165, 1.54) is 0 Å². The molecule has 0 spiro atoms. The van der Waals surface area contributed by atoms with Gasteiger partial charge in [0.05, 0.1) is 24.2 Å². The largest absolute Gasteiger partial charge is 0.478 e. The number of nitrogens with zero attached hydrogens (tertiary/aromatic N) is 3. The predicted octanol–water partition coefficient (Wildman–Crippen LogP) is 1.30. The van der Waals surface area contributed by atoms with Gasteiger partial charge in [0.25, 0.3) is 5.69 Å². The van der Waals surface area contributed by atoms with E-state index in [1.54, 1.807) is 0 Å². The quantitative estimate of drug-likeness (QED) is 0.654. The maximum Gasteiger partial charge on any atom is 0.339 e. The van der Waals surface area contributed by atoms with E-state index in [0.29, 0.717) is 19.8 Å². The number of morpholine rings is 1. The molecule has 1 atom stereocenters. The van der Waals surface area contributed by atoms with Crippen LogP contribution in [-0.2, 0) is 4.74 Å². The molecule has 0 radical (unpaired) electrons. The summed E-state index contributed by atoms with van der Waals surface area (Å²) in [6, 6.07) is 1.07. The van der Waals surface area contributed by atoms with Crippen molar-refractivity contribution in [2.75, 3.05) is 24.7 Å². The van der Waals surface area contributed by atoms with Gasteiger partial charge in [-0.15, -0.1) is 0 Å². The first kappa shape index (κ1) is 14.2. The summed E-state index contributed by atoms with van der Waals surface area (Å²) in [6.45, 7) is 3.46. The third-order valence-electron chi connectivity index (χ3n) is 3.26. The fraction of sp³-hybridized carbons (Fsp3) is 0.500. The third kappa shape index (κ3) is 2.69. The number of aromatic carboxylic acids is 1. The lowest BCUT2D eigenvalue weighted by molar-refractivity contribution is -0.385. The molecule has 20 heavy (non-hydrogen) atoms. The summed E-state index contributed by atoms with van der Waals surface area (Å²) in [5.74, 6) is -0.962. The number of nitro groups is 1. The van der Waals surface area contributed by atoms with Crippen LogP contribution < -0.4 is 4.90 Å². The van der Waals surface area contributed by atoms with Crippen molar-refractivity contribution in [1.82, 2.24) is 4.98 Å². The van der Waals surface area contributed by atoms with E-state index >= 15 is 0 Å². The second-order valence-electron chi connectivity index (χ2n) is 4.46. The van der Waals surface area contributed by atoms with Crippen molar-refractivity contribution in [3.05, 3.63) is 27.9 Å². The number of ether oxygens (including phenoxy) is 1. The Labute approximate surface area is 115 Å². The highest BCUT2D eigenvalue weighted by molar-refractivity contribution is 5.94. The normalized spacial score (nSPS) is 18.9. The van der Waals surface area contributed by atoms with Crippen molar-refractivity contribution in [2.45, 2.75) is 19.4 Å². The Hall–Kier alpha value is -2.22. The number of hydrogen-bond donors (Lipinski definition) is 1. The fourth-order valence-electron chi connectivity index (χ4n) is 2.20. The number of pyridine rings is 1. The summed E-state index contributed by atoms with van der Waals surface area (Å²) in [5.41, 5.74) is -0.480. The average molecular weight is 281 g/mol. The van der Waals surface area contributed by atoms with E-state index in [2.05, 4.69) is 4.98 Å². The molecule has 0 aliphatic carbocycles. The zero-order chi connectivity index (χ0) is 14.7. The van der Waals surface area contributed by atoms with Gasteiger partial charge in [-0.3, -0.25) is 10.1 Å². The highest BCUT2D eigenvalue weighted by Gasteiger charge is 2.28. The van der Waals surface area contributed by atoms with Crippen LogP contribution in [0.2, 0.25) is 0 Å². The van der Waals surface area contributed by atoms with Gasteiger partial charge >= 0.3 is 5.97 Å². The van der Waals surface area contributed by atoms with Gasteiger partial charge < -0.3 is 14.7 Å². The van der Waals surface area contributed by atoms with Gasteiger partial charge in [0.1, 0.15) is 17.6 Å². The van der Waals surface area contributed by atoms with Gasteiger partial charge in [0.15, 0.2) is 0 Å². The van der Waals surface area contributed by atoms with Gasteiger partial charge in [0.2, 0.25) is 0 Å². The van der Waals surface area contributed by atoms with Crippen LogP contribution in [-0.4, -0.2) is 46.8 Å². The summed E-state index contributed by atoms with van der Waals surface area (Å²) in [6.07, 6.45) is 1.86. The molecule has 0 amide bonds. The zero-order valence-electron chi connectivity index (χ0n) is 11.0. The molecule has 0 aromatic carbocycles. The Bertz CT molecular complexity index is 534. The standard InChI is InChI=1S/C12H15N3O5/c1-2-8-7-20-4-3-14(8)11-10(12(16)17)5-9(6-13-11)15(18)19/h5-6,8H,2-4,7H2,1H3,(H,16,17). The van der Waals surface area contributed by atoms with Crippen LogP contribution in [0.1, 0.15) is 23.7 Å². The van der Waals surface area contributed by atoms with E-state index in [4.69, 9.17) is 4.74 Å². The Morgan fingerprint density at radius 3 is 3.05 bits per heavy atom. The molecule has 1 saturated heterocycles. The second-order valence-corrected chi connectivity index (χ2v) is 4.46. The van der Waals surface area contributed by atoms with E-state index < -0.39 is 10.9 Å². The van der Waals surface area contributed by atoms with Crippen LogP contribution in [0.15, 0.2) is 12.3 Å². The SMILES string of the molecule is CCC1COCCN1c1ncc([N+](=O)[O-])cc1C(=O)O. The minimum atomic E-state index is -1.22. The highest BCUT2D eigenvalue weighted by atomic mass is 16.6. The first-order valence-electron chi connectivity index (χ1n) is 6.26. The van der Waals surface area contributed by atoms with Crippen LogP contribution in [0, 0.1) is 10.1 Å². The van der Waals surface area contributed by atoms with E-state index in [0.717, 1.165) is 18.7 Å². The van der Waals surface area contributed by atoms with Crippen molar-refractivity contribution in [3.8, 4) is 0 Å². The summed E-state index contributed by atoms with van der Waals surface area (Å²) in [5, 5.41) is 20.0. The Morgan fingerprint density at radius 1 is 1.70 bits per heavy atom. The maximum atomic E-state index is 11.3. The molecule has 1 aromatic rings. The molecule has 2 heterocycles. The van der Waals surface area contributed by atoms with Gasteiger partial charge in [0, 0.05) is 12.6 Å². The topological polar surface area (TPSA) is 106 Å². The molecule has 1 aliphatic rings. The van der Waals surface area contributed by atoms with E-state index in [9.17, 15) is 20.0 Å². The van der Waals surface area contributed by atoms with E-state index in [-0.39, 0.29) is 23.1 Å². The summed E-state index contributed by atoms with van der Waals surface area (Å²) in [4.78, 5) is 27.2. The van der Waals surface area contributed by atoms with Crippen molar-refractivity contribution >= 4 is 17.5 Å². The zero-order valence-corrected chi connectivity index (χ0v) is 11.0. The van der Waals surface area contributed by atoms with Crippen LogP contribution in [0.3, 0.4) is 0 Å². The lowest BCUT2D eigenvalue weighted by Gasteiger charge is -2.36. The monoisotopic (exact) mass is 281 g/mol. The first-order chi connectivity index (χ1) is 9.54. The van der Waals surface area contributed by atoms with E-state index in [1.807, 2.05) is 11.8 Å². The average Bonchev–Trinajstić information content (AvgIpc) is 2.46. The van der Waals surface area contributed by atoms with Crippen LogP contribution in [0.4, 0.5) is 11.5 Å². The molecule has 108 valence electrons. The molecule has 1 unspecified atom stereocenters. The van der Waals surface area contributed by atoms with Gasteiger partial charge in [-0.25, -0.2) is 9.78 Å². The Kier molecular flexibility index (Phi) is 4.14. The minimum Gasteiger partial charge on any atom is -0.478 e. The number of anilines is 1. The van der Waals surface area contributed by atoms with Crippen LogP contribution >= 0.6 is 0 Å². The summed E-state index contributed by atoms with van der Waals surface area (Å²) >= 11 is 0. The second kappa shape index (κ2) is 5.83. The first-order valence-corrected chi connectivity index (χ1v) is 6.26. The van der Waals surface area contributed by atoms with Gasteiger partial charge in [-0.2, -0.15) is 0 Å². The van der Waals surface area contributed by atoms with Crippen molar-refractivity contribution in [1.29, 1.82) is 0 Å². The number of hydrogen-bond acceptors (Lipinski definition) is 6. The molecule has 1 aliphatic heterocycles. The molecule has 0 bridgehead atoms. The molecule has 0 saturated carbocycles.